The molecule has 3 rings (SSSR count). The molecule has 0 radical (unpaired) electrons. The van der Waals surface area contributed by atoms with Crippen LogP contribution in [-0.2, 0) is 9.59 Å². The van der Waals surface area contributed by atoms with Gasteiger partial charge in [0.25, 0.3) is 0 Å². The molecule has 0 aromatic heterocycles. The van der Waals surface area contributed by atoms with E-state index in [1.54, 1.807) is 4.90 Å². The summed E-state index contributed by atoms with van der Waals surface area (Å²) in [6.07, 6.45) is 4.68. The molecule has 1 fully saturated rings. The molecule has 5 heteroatoms. The van der Waals surface area contributed by atoms with Gasteiger partial charge in [-0.2, -0.15) is 0 Å². The van der Waals surface area contributed by atoms with Gasteiger partial charge in [-0.05, 0) is 17.7 Å². The Morgan fingerprint density at radius 1 is 0.931 bits per heavy atom. The van der Waals surface area contributed by atoms with Crippen molar-refractivity contribution >= 4 is 23.6 Å². The number of carbonyl (C=O) groups is 2. The van der Waals surface area contributed by atoms with Gasteiger partial charge in [0.15, 0.2) is 0 Å². The highest BCUT2D eigenvalue weighted by atomic mass is 16.2. The molecule has 29 heavy (non-hydrogen) atoms. The van der Waals surface area contributed by atoms with E-state index in [4.69, 9.17) is 0 Å². The van der Waals surface area contributed by atoms with Gasteiger partial charge < -0.3 is 9.80 Å². The fraction of sp³-hybridized carbons (Fsp3) is 0.333. The summed E-state index contributed by atoms with van der Waals surface area (Å²) in [7, 11) is 0. The smallest absolute Gasteiger partial charge is 0.242 e. The van der Waals surface area contributed by atoms with Crippen LogP contribution in [0.1, 0.15) is 18.9 Å². The Hall–Kier alpha value is -2.92. The number of hydrogen-bond donors (Lipinski definition) is 0. The number of amides is 2. The van der Waals surface area contributed by atoms with Crippen molar-refractivity contribution in [1.29, 1.82) is 0 Å². The van der Waals surface area contributed by atoms with E-state index in [0.717, 1.165) is 25.3 Å². The number of piperazine rings is 1. The Kier molecular flexibility index (Phi) is 7.59. The highest BCUT2D eigenvalue weighted by Gasteiger charge is 2.24. The minimum atomic E-state index is -0.0331. The van der Waals surface area contributed by atoms with Gasteiger partial charge in [0, 0.05) is 44.8 Å². The van der Waals surface area contributed by atoms with Crippen LogP contribution in [-0.4, -0.2) is 60.9 Å². The maximum Gasteiger partial charge on any atom is 0.242 e. The van der Waals surface area contributed by atoms with Crippen molar-refractivity contribution in [3.05, 3.63) is 72.3 Å². The molecule has 2 aromatic rings. The van der Waals surface area contributed by atoms with Gasteiger partial charge in [0.1, 0.15) is 6.54 Å². The first-order chi connectivity index (χ1) is 14.2. The topological polar surface area (TPSA) is 43.9 Å². The van der Waals surface area contributed by atoms with Crippen molar-refractivity contribution in [2.24, 2.45) is 0 Å². The SMILES string of the molecule is CCC(=O)N(CC(=O)N1CCN(CC=Cc2ccccc2)CC1)c1ccccc1. The zero-order valence-corrected chi connectivity index (χ0v) is 17.0. The Bertz CT molecular complexity index is 813. The lowest BCUT2D eigenvalue weighted by atomic mass is 10.2. The summed E-state index contributed by atoms with van der Waals surface area (Å²) < 4.78 is 0. The minimum Gasteiger partial charge on any atom is -0.339 e. The molecule has 0 N–H and O–H groups in total. The Morgan fingerprint density at radius 3 is 2.17 bits per heavy atom. The lowest BCUT2D eigenvalue weighted by molar-refractivity contribution is -0.132. The zero-order chi connectivity index (χ0) is 20.5. The van der Waals surface area contributed by atoms with Crippen molar-refractivity contribution in [1.82, 2.24) is 9.80 Å². The van der Waals surface area contributed by atoms with E-state index in [9.17, 15) is 9.59 Å². The number of hydrogen-bond acceptors (Lipinski definition) is 3. The van der Waals surface area contributed by atoms with E-state index in [-0.39, 0.29) is 18.4 Å². The molecule has 1 aliphatic rings. The van der Waals surface area contributed by atoms with Crippen LogP contribution in [0.5, 0.6) is 0 Å². The van der Waals surface area contributed by atoms with E-state index in [0.29, 0.717) is 19.5 Å². The highest BCUT2D eigenvalue weighted by molar-refractivity contribution is 5.98. The number of nitrogens with zero attached hydrogens (tertiary/aromatic N) is 3. The van der Waals surface area contributed by atoms with Crippen molar-refractivity contribution in [3.8, 4) is 0 Å². The minimum absolute atomic E-state index is 0.00938. The standard InChI is InChI=1S/C24H29N3O2/c1-2-23(28)27(22-13-7-4-8-14-22)20-24(29)26-18-16-25(17-19-26)15-9-12-21-10-5-3-6-11-21/h3-14H,2,15-20H2,1H3. The quantitative estimate of drug-likeness (QED) is 0.728. The molecule has 1 aliphatic heterocycles. The summed E-state index contributed by atoms with van der Waals surface area (Å²) in [5.41, 5.74) is 1.97. The molecule has 0 spiro atoms. The molecule has 2 aromatic carbocycles. The fourth-order valence-corrected chi connectivity index (χ4v) is 3.44. The molecule has 0 atom stereocenters. The summed E-state index contributed by atoms with van der Waals surface area (Å²) in [5, 5.41) is 0. The Labute approximate surface area is 173 Å². The largest absolute Gasteiger partial charge is 0.339 e. The van der Waals surface area contributed by atoms with Crippen molar-refractivity contribution in [3.63, 3.8) is 0 Å². The Balaban J connectivity index is 1.50. The lowest BCUT2D eigenvalue weighted by Gasteiger charge is -2.35. The van der Waals surface area contributed by atoms with Crippen LogP contribution in [0.4, 0.5) is 5.69 Å². The predicted molar refractivity (Wildman–Crippen MR) is 118 cm³/mol. The number of carbonyl (C=O) groups excluding carboxylic acids is 2. The monoisotopic (exact) mass is 391 g/mol. The molecular formula is C24H29N3O2. The fourth-order valence-electron chi connectivity index (χ4n) is 3.44. The second-order valence-corrected chi connectivity index (χ2v) is 7.16. The van der Waals surface area contributed by atoms with Gasteiger partial charge in [0.2, 0.25) is 11.8 Å². The summed E-state index contributed by atoms with van der Waals surface area (Å²) in [6.45, 7) is 5.88. The zero-order valence-electron chi connectivity index (χ0n) is 17.0. The summed E-state index contributed by atoms with van der Waals surface area (Å²) in [5.74, 6) is -0.0237. The molecule has 152 valence electrons. The average Bonchev–Trinajstić information content (AvgIpc) is 2.78. The molecule has 0 aliphatic carbocycles. The second kappa shape index (κ2) is 10.6. The third-order valence-corrected chi connectivity index (χ3v) is 5.16. The van der Waals surface area contributed by atoms with Gasteiger partial charge in [-0.1, -0.05) is 67.6 Å². The molecule has 5 nitrogen and oxygen atoms in total. The van der Waals surface area contributed by atoms with Crippen LogP contribution in [0.3, 0.4) is 0 Å². The molecule has 0 bridgehead atoms. The molecule has 2 amide bonds. The third kappa shape index (κ3) is 6.03. The maximum atomic E-state index is 12.8. The van der Waals surface area contributed by atoms with Crippen molar-refractivity contribution in [2.45, 2.75) is 13.3 Å². The molecule has 0 saturated carbocycles. The maximum absolute atomic E-state index is 12.8. The third-order valence-electron chi connectivity index (χ3n) is 5.16. The van der Waals surface area contributed by atoms with Crippen LogP contribution in [0.25, 0.3) is 6.08 Å². The number of rotatable bonds is 7. The van der Waals surface area contributed by atoms with E-state index in [1.807, 2.05) is 60.4 Å². The second-order valence-electron chi connectivity index (χ2n) is 7.16. The van der Waals surface area contributed by atoms with E-state index < -0.39 is 0 Å². The molecule has 1 heterocycles. The van der Waals surface area contributed by atoms with Gasteiger partial charge >= 0.3 is 0 Å². The summed E-state index contributed by atoms with van der Waals surface area (Å²) in [4.78, 5) is 31.0. The van der Waals surface area contributed by atoms with Crippen molar-refractivity contribution in [2.75, 3.05) is 44.2 Å². The molecule has 0 unspecified atom stereocenters. The van der Waals surface area contributed by atoms with E-state index in [2.05, 4.69) is 29.2 Å². The van der Waals surface area contributed by atoms with E-state index >= 15 is 0 Å². The molecule has 1 saturated heterocycles. The number of benzene rings is 2. The first-order valence-electron chi connectivity index (χ1n) is 10.2. The van der Waals surface area contributed by atoms with Gasteiger partial charge in [0.05, 0.1) is 0 Å². The van der Waals surface area contributed by atoms with Crippen molar-refractivity contribution < 1.29 is 9.59 Å². The van der Waals surface area contributed by atoms with E-state index in [1.165, 1.54) is 5.56 Å². The highest BCUT2D eigenvalue weighted by Crippen LogP contribution is 2.15. The summed E-state index contributed by atoms with van der Waals surface area (Å²) >= 11 is 0. The normalized spacial score (nSPS) is 14.9. The first kappa shape index (κ1) is 20.8. The van der Waals surface area contributed by atoms with Crippen LogP contribution in [0, 0.1) is 0 Å². The van der Waals surface area contributed by atoms with Gasteiger partial charge in [-0.25, -0.2) is 0 Å². The predicted octanol–water partition coefficient (Wildman–Crippen LogP) is 3.29. The summed E-state index contributed by atoms with van der Waals surface area (Å²) in [6, 6.07) is 19.7. The number of para-hydroxylation sites is 1. The average molecular weight is 392 g/mol. The first-order valence-corrected chi connectivity index (χ1v) is 10.2. The van der Waals surface area contributed by atoms with Gasteiger partial charge in [-0.3, -0.25) is 14.5 Å². The lowest BCUT2D eigenvalue weighted by Crippen LogP contribution is -2.51. The van der Waals surface area contributed by atoms with Crippen LogP contribution in [0.2, 0.25) is 0 Å². The van der Waals surface area contributed by atoms with Crippen LogP contribution < -0.4 is 4.90 Å². The van der Waals surface area contributed by atoms with Crippen LogP contribution in [0.15, 0.2) is 66.7 Å². The Morgan fingerprint density at radius 2 is 1.55 bits per heavy atom. The van der Waals surface area contributed by atoms with Gasteiger partial charge in [-0.15, -0.1) is 0 Å². The number of anilines is 1. The van der Waals surface area contributed by atoms with Crippen LogP contribution >= 0.6 is 0 Å². The molecular weight excluding hydrogens is 362 g/mol.